The summed E-state index contributed by atoms with van der Waals surface area (Å²) in [5.41, 5.74) is 1.36. The monoisotopic (exact) mass is 652 g/mol. The molecule has 0 N–H and O–H groups in total. The summed E-state index contributed by atoms with van der Waals surface area (Å²) in [4.78, 5) is 0. The molecule has 0 heterocycles. The number of hydrogen-bond donors (Lipinski definition) is 0. The molecule has 11 heavy (non-hydrogen) atoms. The average Bonchev–Trinajstić information content (AvgIpc) is 1.86. The van der Waals surface area contributed by atoms with Gasteiger partial charge in [-0.3, -0.25) is 0 Å². The first-order chi connectivity index (χ1) is 5.00. The molecular formula is C7H7HfI3. The molecule has 0 radical (unpaired) electrons. The molecule has 0 aliphatic heterocycles. The van der Waals surface area contributed by atoms with Crippen molar-refractivity contribution in [1.29, 1.82) is 0 Å². The van der Waals surface area contributed by atoms with E-state index in [4.69, 9.17) is 0 Å². The zero-order valence-electron chi connectivity index (χ0n) is 5.94. The van der Waals surface area contributed by atoms with Crippen LogP contribution in [0.25, 0.3) is 0 Å². The number of benzene rings is 1. The molecule has 0 nitrogen and oxygen atoms in total. The van der Waals surface area contributed by atoms with Gasteiger partial charge in [0.1, 0.15) is 0 Å². The average molecular weight is 650 g/mol. The fourth-order valence-electron chi connectivity index (χ4n) is 0.743. The summed E-state index contributed by atoms with van der Waals surface area (Å²) in [5.74, 6) is 0. The second-order valence-corrected chi connectivity index (χ2v) is 98.4. The van der Waals surface area contributed by atoms with Crippen LogP contribution < -0.4 is 3.32 Å². The van der Waals surface area contributed by atoms with Crippen LogP contribution in [0.3, 0.4) is 0 Å². The van der Waals surface area contributed by atoms with Gasteiger partial charge in [-0.2, -0.15) is 0 Å². The third-order valence-electron chi connectivity index (χ3n) is 1.38. The molecule has 0 aliphatic rings. The molecular weight excluding hydrogens is 643 g/mol. The summed E-state index contributed by atoms with van der Waals surface area (Å²) in [6, 6.07) is 8.98. The summed E-state index contributed by atoms with van der Waals surface area (Å²) in [7, 11) is -1.95. The molecule has 1 aromatic carbocycles. The van der Waals surface area contributed by atoms with Crippen molar-refractivity contribution >= 4 is 57.7 Å². The Hall–Kier alpha value is 2.28. The van der Waals surface area contributed by atoms with Gasteiger partial charge in [-0.25, -0.2) is 0 Å². The molecule has 0 fully saturated rings. The first kappa shape index (κ1) is 11.4. The third-order valence-corrected chi connectivity index (χ3v) is 20.2. The van der Waals surface area contributed by atoms with Crippen molar-refractivity contribution in [2.75, 3.05) is 0 Å². The van der Waals surface area contributed by atoms with Crippen LogP contribution in [0.5, 0.6) is 0 Å². The van der Waals surface area contributed by atoms with Gasteiger partial charge in [0.25, 0.3) is 0 Å². The van der Waals surface area contributed by atoms with Gasteiger partial charge >= 0.3 is 102 Å². The Bertz CT molecular complexity index is 237. The quantitative estimate of drug-likeness (QED) is 0.321. The molecule has 0 saturated carbocycles. The zero-order valence-corrected chi connectivity index (χ0v) is 16.0. The van der Waals surface area contributed by atoms with Gasteiger partial charge in [-0.15, -0.1) is 0 Å². The maximum absolute atomic E-state index is 2.65. The van der Waals surface area contributed by atoms with Crippen molar-refractivity contribution in [3.05, 3.63) is 29.8 Å². The van der Waals surface area contributed by atoms with E-state index < -0.39 is 7.50 Å². The van der Waals surface area contributed by atoms with Crippen molar-refractivity contribution in [1.82, 2.24) is 0 Å². The summed E-state index contributed by atoms with van der Waals surface area (Å²) in [6.07, 6.45) is 0. The van der Waals surface area contributed by atoms with Crippen molar-refractivity contribution in [3.63, 3.8) is 0 Å². The topological polar surface area (TPSA) is 0 Å². The Kier molecular flexibility index (Phi) is 4.83. The van der Waals surface area contributed by atoms with E-state index in [1.54, 1.807) is 3.32 Å². The number of hydrogen-bond acceptors (Lipinski definition) is 0. The maximum atomic E-state index is 2.65. The molecule has 0 unspecified atom stereocenters. The Labute approximate surface area is 99.5 Å². The first-order valence-electron chi connectivity index (χ1n) is 3.14. The van der Waals surface area contributed by atoms with E-state index in [-0.39, 0.29) is 0 Å². The first-order valence-corrected chi connectivity index (χ1v) is 35.5. The number of aryl methyl sites for hydroxylation is 1. The number of halogens is 3. The van der Waals surface area contributed by atoms with E-state index in [2.05, 4.69) is 85.6 Å². The van der Waals surface area contributed by atoms with Crippen molar-refractivity contribution in [2.45, 2.75) is 6.92 Å². The molecule has 0 spiro atoms. The van der Waals surface area contributed by atoms with Gasteiger partial charge in [0.05, 0.1) is 0 Å². The Balaban J connectivity index is 2.99. The zero-order chi connectivity index (χ0) is 8.48. The van der Waals surface area contributed by atoms with Crippen LogP contribution in [-0.4, -0.2) is 0 Å². The van der Waals surface area contributed by atoms with E-state index in [1.807, 2.05) is 0 Å². The summed E-state index contributed by atoms with van der Waals surface area (Å²) in [6.45, 7) is 2.13. The standard InChI is InChI=1S/C7H7.Hf.3HI/c1-7-5-3-2-4-6-7;;;;/h3-6H,1H3;;3*1H/q;+3;;;/p-3. The van der Waals surface area contributed by atoms with E-state index in [0.29, 0.717) is 0 Å². The van der Waals surface area contributed by atoms with Gasteiger partial charge < -0.3 is 0 Å². The Morgan fingerprint density at radius 1 is 1.00 bits per heavy atom. The molecule has 4 heteroatoms. The van der Waals surface area contributed by atoms with Gasteiger partial charge in [0.15, 0.2) is 0 Å². The van der Waals surface area contributed by atoms with Crippen LogP contribution in [0.15, 0.2) is 24.3 Å². The summed E-state index contributed by atoms with van der Waals surface area (Å²) >= 11 is 7.95. The second kappa shape index (κ2) is 4.68. The second-order valence-electron chi connectivity index (χ2n) is 2.36. The van der Waals surface area contributed by atoms with Gasteiger partial charge in [0.2, 0.25) is 0 Å². The van der Waals surface area contributed by atoms with Crippen LogP contribution in [0.2, 0.25) is 0 Å². The van der Waals surface area contributed by atoms with Crippen LogP contribution in [-0.2, 0) is 7.50 Å². The third kappa shape index (κ3) is 3.88. The van der Waals surface area contributed by atoms with Gasteiger partial charge in [0, 0.05) is 0 Å². The molecule has 0 saturated heterocycles. The Morgan fingerprint density at radius 2 is 1.45 bits per heavy atom. The summed E-state index contributed by atoms with van der Waals surface area (Å²) < 4.78 is 1.59. The fraction of sp³-hybridized carbons (Fsp3) is 0.143. The van der Waals surface area contributed by atoms with Crippen LogP contribution in [0, 0.1) is 6.92 Å². The van der Waals surface area contributed by atoms with Gasteiger partial charge in [-0.1, -0.05) is 0 Å². The minimum absolute atomic E-state index is 1.36. The predicted octanol–water partition coefficient (Wildman–Crippen LogP) is 3.82. The molecule has 60 valence electrons. The van der Waals surface area contributed by atoms with Crippen molar-refractivity contribution < 1.29 is 7.50 Å². The van der Waals surface area contributed by atoms with Crippen LogP contribution in [0.4, 0.5) is 0 Å². The van der Waals surface area contributed by atoms with E-state index in [1.165, 1.54) is 5.56 Å². The minimum atomic E-state index is -1.95. The van der Waals surface area contributed by atoms with E-state index >= 15 is 0 Å². The molecule has 1 rings (SSSR count). The van der Waals surface area contributed by atoms with Crippen molar-refractivity contribution in [3.8, 4) is 0 Å². The van der Waals surface area contributed by atoms with Gasteiger partial charge in [-0.05, 0) is 0 Å². The van der Waals surface area contributed by atoms with E-state index in [0.717, 1.165) is 0 Å². The molecule has 0 bridgehead atoms. The molecule has 1 aromatic rings. The predicted molar refractivity (Wildman–Crippen MR) is 72.9 cm³/mol. The van der Waals surface area contributed by atoms with Crippen LogP contribution >= 0.6 is 54.4 Å². The SMILES string of the molecule is Cc1cc[c]([Hf]([I])([I])[I])cc1. The molecule has 0 atom stereocenters. The normalized spacial score (nSPS) is 11.6. The van der Waals surface area contributed by atoms with Crippen molar-refractivity contribution in [2.24, 2.45) is 0 Å². The fourth-order valence-corrected chi connectivity index (χ4v) is 11.5. The number of rotatable bonds is 1. The summed E-state index contributed by atoms with van der Waals surface area (Å²) in [5, 5.41) is 0. The molecule has 0 aromatic heterocycles. The molecule has 0 aliphatic carbocycles. The van der Waals surface area contributed by atoms with Crippen LogP contribution in [0.1, 0.15) is 5.56 Å². The Morgan fingerprint density at radius 3 is 1.82 bits per heavy atom. The molecule has 0 amide bonds. The van der Waals surface area contributed by atoms with E-state index in [9.17, 15) is 0 Å².